The highest BCUT2D eigenvalue weighted by Gasteiger charge is 2.31. The molecular formula is C21H18FNOS. The molecule has 4 rings (SSSR count). The van der Waals surface area contributed by atoms with Crippen LogP contribution in [0.2, 0.25) is 0 Å². The minimum Gasteiger partial charge on any atom is -0.325 e. The van der Waals surface area contributed by atoms with Crippen molar-refractivity contribution in [2.45, 2.75) is 26.2 Å². The zero-order valence-corrected chi connectivity index (χ0v) is 14.9. The summed E-state index contributed by atoms with van der Waals surface area (Å²) in [4.78, 5) is 13.5. The van der Waals surface area contributed by atoms with Gasteiger partial charge in [0.2, 0.25) is 5.91 Å². The van der Waals surface area contributed by atoms with Gasteiger partial charge in [-0.1, -0.05) is 35.9 Å². The topological polar surface area (TPSA) is 29.1 Å². The second-order valence-corrected chi connectivity index (χ2v) is 7.48. The van der Waals surface area contributed by atoms with E-state index in [1.165, 1.54) is 28.8 Å². The van der Waals surface area contributed by atoms with Gasteiger partial charge in [0.1, 0.15) is 5.82 Å². The normalized spacial score (nSPS) is 16.4. The molecule has 1 N–H and O–H groups in total. The van der Waals surface area contributed by atoms with Crippen LogP contribution in [0.25, 0.3) is 11.1 Å². The molecule has 2 aromatic carbocycles. The fourth-order valence-corrected chi connectivity index (χ4v) is 4.63. The van der Waals surface area contributed by atoms with Crippen LogP contribution in [0.4, 0.5) is 10.1 Å². The number of hydrogen-bond acceptors (Lipinski definition) is 2. The highest BCUT2D eigenvalue weighted by molar-refractivity contribution is 7.11. The van der Waals surface area contributed by atoms with Gasteiger partial charge in [-0.05, 0) is 42.7 Å². The molecule has 0 fully saturated rings. The number of thiophene rings is 1. The predicted molar refractivity (Wildman–Crippen MR) is 101 cm³/mol. The molecule has 2 heterocycles. The van der Waals surface area contributed by atoms with Crippen LogP contribution in [0.15, 0.2) is 47.8 Å². The summed E-state index contributed by atoms with van der Waals surface area (Å²) in [5.74, 6) is -0.212. The SMILES string of the molecule is Cc1ccc(C)c([C@H]2CC(=O)Nc3c(-c4cccc(F)c4)csc32)c1. The molecule has 0 saturated carbocycles. The Morgan fingerprint density at radius 1 is 1.16 bits per heavy atom. The molecule has 1 atom stereocenters. The molecule has 1 aliphatic rings. The van der Waals surface area contributed by atoms with Crippen molar-refractivity contribution in [2.24, 2.45) is 0 Å². The summed E-state index contributed by atoms with van der Waals surface area (Å²) in [6.07, 6.45) is 0.445. The second-order valence-electron chi connectivity index (χ2n) is 6.56. The second kappa shape index (κ2) is 6.12. The highest BCUT2D eigenvalue weighted by atomic mass is 32.1. The van der Waals surface area contributed by atoms with E-state index in [2.05, 4.69) is 37.4 Å². The lowest BCUT2D eigenvalue weighted by atomic mass is 9.86. The lowest BCUT2D eigenvalue weighted by molar-refractivity contribution is -0.116. The summed E-state index contributed by atoms with van der Waals surface area (Å²) in [6.45, 7) is 4.15. The summed E-state index contributed by atoms with van der Waals surface area (Å²) >= 11 is 1.64. The van der Waals surface area contributed by atoms with Crippen LogP contribution in [0, 0.1) is 19.7 Å². The molecule has 0 radical (unpaired) electrons. The number of aryl methyl sites for hydroxylation is 2. The molecule has 126 valence electrons. The first-order chi connectivity index (χ1) is 12.0. The Kier molecular flexibility index (Phi) is 3.92. The van der Waals surface area contributed by atoms with E-state index in [-0.39, 0.29) is 17.6 Å². The third-order valence-electron chi connectivity index (χ3n) is 4.74. The number of nitrogens with one attached hydrogen (secondary N) is 1. The van der Waals surface area contributed by atoms with Gasteiger partial charge in [-0.2, -0.15) is 0 Å². The van der Waals surface area contributed by atoms with E-state index in [1.807, 2.05) is 11.4 Å². The highest BCUT2D eigenvalue weighted by Crippen LogP contribution is 2.47. The molecule has 3 aromatic rings. The Balaban J connectivity index is 1.86. The Morgan fingerprint density at radius 2 is 2.00 bits per heavy atom. The fourth-order valence-electron chi connectivity index (χ4n) is 3.48. The number of carbonyl (C=O) groups excluding carboxylic acids is 1. The standard InChI is InChI=1S/C21H18FNOS/c1-12-6-7-13(2)16(8-12)17-10-19(24)23-20-18(11-25-21(17)20)14-4-3-5-15(22)9-14/h3-9,11,17H,10H2,1-2H3,(H,23,24)/t17-/m1/s1. The Bertz CT molecular complexity index is 976. The number of hydrogen-bond donors (Lipinski definition) is 1. The summed E-state index contributed by atoms with van der Waals surface area (Å²) in [5.41, 5.74) is 6.09. The maximum absolute atomic E-state index is 13.6. The lowest BCUT2D eigenvalue weighted by Gasteiger charge is -2.25. The minimum absolute atomic E-state index is 0.00876. The van der Waals surface area contributed by atoms with Gasteiger partial charge >= 0.3 is 0 Å². The van der Waals surface area contributed by atoms with Gasteiger partial charge in [-0.3, -0.25) is 4.79 Å². The first-order valence-corrected chi connectivity index (χ1v) is 9.15. The predicted octanol–water partition coefficient (Wildman–Crippen LogP) is 5.65. The fraction of sp³-hybridized carbons (Fsp3) is 0.190. The monoisotopic (exact) mass is 351 g/mol. The van der Waals surface area contributed by atoms with E-state index < -0.39 is 0 Å². The maximum atomic E-state index is 13.6. The van der Waals surface area contributed by atoms with Crippen LogP contribution in [-0.4, -0.2) is 5.91 Å². The molecular weight excluding hydrogens is 333 g/mol. The summed E-state index contributed by atoms with van der Waals surface area (Å²) in [7, 11) is 0. The molecule has 1 aliphatic heterocycles. The van der Waals surface area contributed by atoms with Crippen LogP contribution in [0.5, 0.6) is 0 Å². The average molecular weight is 351 g/mol. The van der Waals surface area contributed by atoms with Crippen molar-refractivity contribution in [3.8, 4) is 11.1 Å². The van der Waals surface area contributed by atoms with Crippen LogP contribution in [0.3, 0.4) is 0 Å². The number of benzene rings is 2. The van der Waals surface area contributed by atoms with Gasteiger partial charge in [0.15, 0.2) is 0 Å². The molecule has 2 nitrogen and oxygen atoms in total. The van der Waals surface area contributed by atoms with Crippen molar-refractivity contribution in [3.63, 3.8) is 0 Å². The molecule has 4 heteroatoms. The molecule has 0 spiro atoms. The van der Waals surface area contributed by atoms with Crippen LogP contribution in [-0.2, 0) is 4.79 Å². The first kappa shape index (κ1) is 16.0. The molecule has 0 bridgehead atoms. The summed E-state index contributed by atoms with van der Waals surface area (Å²) in [6, 6.07) is 12.9. The quantitative estimate of drug-likeness (QED) is 0.635. The van der Waals surface area contributed by atoms with Gasteiger partial charge in [-0.15, -0.1) is 11.3 Å². The molecule has 0 unspecified atom stereocenters. The van der Waals surface area contributed by atoms with Gasteiger partial charge in [0.05, 0.1) is 5.69 Å². The zero-order chi connectivity index (χ0) is 17.6. The smallest absolute Gasteiger partial charge is 0.225 e. The Hall–Kier alpha value is -2.46. The maximum Gasteiger partial charge on any atom is 0.225 e. The van der Waals surface area contributed by atoms with Crippen molar-refractivity contribution >= 4 is 22.9 Å². The first-order valence-electron chi connectivity index (χ1n) is 8.27. The number of halogens is 1. The lowest BCUT2D eigenvalue weighted by Crippen LogP contribution is -2.23. The largest absolute Gasteiger partial charge is 0.325 e. The minimum atomic E-state index is -0.273. The number of amides is 1. The third kappa shape index (κ3) is 2.87. The van der Waals surface area contributed by atoms with Gasteiger partial charge < -0.3 is 5.32 Å². The van der Waals surface area contributed by atoms with E-state index in [0.717, 1.165) is 21.7 Å². The van der Waals surface area contributed by atoms with Crippen LogP contribution >= 0.6 is 11.3 Å². The third-order valence-corrected chi connectivity index (χ3v) is 5.83. The van der Waals surface area contributed by atoms with Gasteiger partial charge in [-0.25, -0.2) is 4.39 Å². The molecule has 25 heavy (non-hydrogen) atoms. The number of anilines is 1. The van der Waals surface area contributed by atoms with Gasteiger partial charge in [0, 0.05) is 28.2 Å². The van der Waals surface area contributed by atoms with E-state index in [4.69, 9.17) is 0 Å². The van der Waals surface area contributed by atoms with E-state index >= 15 is 0 Å². The van der Waals surface area contributed by atoms with Crippen molar-refractivity contribution in [1.82, 2.24) is 0 Å². The van der Waals surface area contributed by atoms with Crippen molar-refractivity contribution < 1.29 is 9.18 Å². The summed E-state index contributed by atoms with van der Waals surface area (Å²) < 4.78 is 13.6. The Labute approximate surface area is 150 Å². The van der Waals surface area contributed by atoms with E-state index in [9.17, 15) is 9.18 Å². The average Bonchev–Trinajstić information content (AvgIpc) is 3.00. The van der Waals surface area contributed by atoms with Gasteiger partial charge in [0.25, 0.3) is 0 Å². The molecule has 1 aromatic heterocycles. The van der Waals surface area contributed by atoms with E-state index in [1.54, 1.807) is 17.4 Å². The summed E-state index contributed by atoms with van der Waals surface area (Å²) in [5, 5.41) is 5.03. The number of fused-ring (bicyclic) bond motifs is 1. The van der Waals surface area contributed by atoms with Crippen LogP contribution < -0.4 is 5.32 Å². The van der Waals surface area contributed by atoms with Crippen LogP contribution in [0.1, 0.15) is 33.9 Å². The van der Waals surface area contributed by atoms with Crippen molar-refractivity contribution in [3.05, 3.63) is 75.2 Å². The number of rotatable bonds is 2. The Morgan fingerprint density at radius 3 is 2.80 bits per heavy atom. The molecule has 0 saturated heterocycles. The van der Waals surface area contributed by atoms with E-state index in [0.29, 0.717) is 6.42 Å². The van der Waals surface area contributed by atoms with Crippen molar-refractivity contribution in [2.75, 3.05) is 5.32 Å². The number of carbonyl (C=O) groups is 1. The van der Waals surface area contributed by atoms with Crippen molar-refractivity contribution in [1.29, 1.82) is 0 Å². The zero-order valence-electron chi connectivity index (χ0n) is 14.1. The molecule has 1 amide bonds. The molecule has 0 aliphatic carbocycles.